The predicted molar refractivity (Wildman–Crippen MR) is 107 cm³/mol. The van der Waals surface area contributed by atoms with E-state index in [-0.39, 0.29) is 5.41 Å². The molecule has 0 spiro atoms. The fraction of sp³-hybridized carbons (Fsp3) is 0.409. The highest BCUT2D eigenvalue weighted by Gasteiger charge is 2.28. The Balaban J connectivity index is 2.19. The van der Waals surface area contributed by atoms with E-state index in [0.717, 1.165) is 5.69 Å². The molecule has 0 atom stereocenters. The minimum Gasteiger partial charge on any atom is -0.242 e. The lowest BCUT2D eigenvalue weighted by Crippen LogP contribution is -2.14. The molecule has 1 aromatic carbocycles. The number of rotatable bonds is 2. The van der Waals surface area contributed by atoms with Gasteiger partial charge in [-0.05, 0) is 29.7 Å². The number of aromatic nitrogens is 4. The number of hydrogen-bond acceptors (Lipinski definition) is 3. The van der Waals surface area contributed by atoms with Gasteiger partial charge in [-0.2, -0.15) is 9.49 Å². The van der Waals surface area contributed by atoms with Gasteiger partial charge in [0.25, 0.3) is 0 Å². The predicted octanol–water partition coefficient (Wildman–Crippen LogP) is 5.42. The first-order valence-corrected chi connectivity index (χ1v) is 9.26. The summed E-state index contributed by atoms with van der Waals surface area (Å²) in [4.78, 5) is 8.92. The number of benzene rings is 1. The summed E-state index contributed by atoms with van der Waals surface area (Å²) < 4.78 is 30.4. The molecule has 0 unspecified atom stereocenters. The Bertz CT molecular complexity index is 1020. The molecule has 28 heavy (non-hydrogen) atoms. The van der Waals surface area contributed by atoms with Crippen molar-refractivity contribution < 1.29 is 8.78 Å². The van der Waals surface area contributed by atoms with E-state index in [0.29, 0.717) is 28.2 Å². The van der Waals surface area contributed by atoms with Crippen molar-refractivity contribution in [3.63, 3.8) is 0 Å². The third kappa shape index (κ3) is 3.81. The number of hydrogen-bond donors (Lipinski definition) is 0. The summed E-state index contributed by atoms with van der Waals surface area (Å²) in [6.07, 6.45) is 1.68. The van der Waals surface area contributed by atoms with Crippen LogP contribution in [0.4, 0.5) is 8.78 Å². The first kappa shape index (κ1) is 20.1. The molecule has 0 fully saturated rings. The van der Waals surface area contributed by atoms with Gasteiger partial charge in [0, 0.05) is 41.0 Å². The van der Waals surface area contributed by atoms with Gasteiger partial charge in [0.2, 0.25) is 5.95 Å². The Hall–Kier alpha value is -2.63. The summed E-state index contributed by atoms with van der Waals surface area (Å²) in [7, 11) is 1.55. The molecule has 0 aliphatic heterocycles. The van der Waals surface area contributed by atoms with Gasteiger partial charge in [0.05, 0.1) is 5.69 Å². The number of nitrogens with zero attached hydrogens (tertiary/aromatic N) is 4. The van der Waals surface area contributed by atoms with Crippen LogP contribution in [0.15, 0.2) is 30.5 Å². The molecule has 4 nitrogen and oxygen atoms in total. The van der Waals surface area contributed by atoms with Crippen LogP contribution in [-0.2, 0) is 17.9 Å². The summed E-state index contributed by atoms with van der Waals surface area (Å²) in [6.45, 7) is 11.9. The van der Waals surface area contributed by atoms with Gasteiger partial charge >= 0.3 is 0 Å². The highest BCUT2D eigenvalue weighted by Crippen LogP contribution is 2.36. The molecule has 0 amide bonds. The number of aryl methyl sites for hydroxylation is 1. The van der Waals surface area contributed by atoms with Crippen LogP contribution >= 0.6 is 0 Å². The maximum Gasteiger partial charge on any atom is 0.215 e. The molecule has 6 heteroatoms. The van der Waals surface area contributed by atoms with Crippen molar-refractivity contribution in [2.24, 2.45) is 7.05 Å². The van der Waals surface area contributed by atoms with Crippen molar-refractivity contribution >= 4 is 0 Å². The Labute approximate surface area is 164 Å². The van der Waals surface area contributed by atoms with Crippen LogP contribution in [0.2, 0.25) is 0 Å². The van der Waals surface area contributed by atoms with Crippen LogP contribution in [0.3, 0.4) is 0 Å². The molecule has 2 aromatic heterocycles. The summed E-state index contributed by atoms with van der Waals surface area (Å²) in [5, 5.41) is 4.31. The Morgan fingerprint density at radius 2 is 1.54 bits per heavy atom. The highest BCUT2D eigenvalue weighted by molar-refractivity contribution is 5.71. The molecule has 0 bridgehead atoms. The minimum absolute atomic E-state index is 0.155. The molecular weight excluding hydrogens is 358 g/mol. The standard InChI is InChI=1S/C22H26F2N4/c1-21(2,3)16-8-9-25-20(26-16)14-10-13(11-15(23)12-14)18-17(22(4,5)6)19(24)28(7)27-18/h8-12H,1-7H3. The molecule has 148 valence electrons. The topological polar surface area (TPSA) is 43.6 Å². The van der Waals surface area contributed by atoms with Crippen LogP contribution < -0.4 is 0 Å². The second-order valence-electron chi connectivity index (χ2n) is 9.13. The average Bonchev–Trinajstić information content (AvgIpc) is 2.89. The van der Waals surface area contributed by atoms with Crippen LogP contribution in [0.25, 0.3) is 22.6 Å². The minimum atomic E-state index is -0.483. The molecule has 0 radical (unpaired) electrons. The molecular formula is C22H26F2N4. The van der Waals surface area contributed by atoms with E-state index in [1.807, 2.05) is 26.8 Å². The Kier molecular flexibility index (Phi) is 4.86. The Morgan fingerprint density at radius 1 is 0.893 bits per heavy atom. The van der Waals surface area contributed by atoms with Crippen molar-refractivity contribution in [1.82, 2.24) is 19.7 Å². The Morgan fingerprint density at radius 3 is 2.14 bits per heavy atom. The highest BCUT2D eigenvalue weighted by atomic mass is 19.1. The lowest BCUT2D eigenvalue weighted by atomic mass is 9.85. The van der Waals surface area contributed by atoms with Gasteiger partial charge < -0.3 is 0 Å². The molecule has 0 aliphatic rings. The van der Waals surface area contributed by atoms with Crippen molar-refractivity contribution in [2.45, 2.75) is 52.4 Å². The third-order valence-corrected chi connectivity index (χ3v) is 4.58. The SMILES string of the molecule is Cn1nc(-c2cc(F)cc(-c3nccc(C(C)(C)C)n3)c2)c(C(C)(C)C)c1F. The molecule has 2 heterocycles. The molecule has 0 aliphatic carbocycles. The summed E-state index contributed by atoms with van der Waals surface area (Å²) in [5.74, 6) is -0.427. The van der Waals surface area contributed by atoms with Gasteiger partial charge in [0.15, 0.2) is 5.82 Å². The van der Waals surface area contributed by atoms with Crippen molar-refractivity contribution in [3.05, 3.63) is 53.5 Å². The van der Waals surface area contributed by atoms with Gasteiger partial charge in [-0.3, -0.25) is 0 Å². The quantitative estimate of drug-likeness (QED) is 0.593. The number of halogens is 2. The second kappa shape index (κ2) is 6.76. The van der Waals surface area contributed by atoms with Crippen LogP contribution in [0.1, 0.15) is 52.8 Å². The van der Waals surface area contributed by atoms with Crippen LogP contribution in [0, 0.1) is 11.8 Å². The normalized spacial score (nSPS) is 12.5. The first-order chi connectivity index (χ1) is 12.9. The zero-order chi connectivity index (χ0) is 20.9. The average molecular weight is 384 g/mol. The van der Waals surface area contributed by atoms with E-state index < -0.39 is 17.2 Å². The van der Waals surface area contributed by atoms with E-state index >= 15 is 0 Å². The lowest BCUT2D eigenvalue weighted by molar-refractivity contribution is 0.464. The van der Waals surface area contributed by atoms with Crippen LogP contribution in [0.5, 0.6) is 0 Å². The maximum atomic E-state index is 14.7. The van der Waals surface area contributed by atoms with Gasteiger partial charge in [-0.15, -0.1) is 0 Å². The summed E-state index contributed by atoms with van der Waals surface area (Å²) >= 11 is 0. The third-order valence-electron chi connectivity index (χ3n) is 4.58. The van der Waals surface area contributed by atoms with E-state index in [4.69, 9.17) is 0 Å². The van der Waals surface area contributed by atoms with Gasteiger partial charge in [0.1, 0.15) is 5.82 Å². The first-order valence-electron chi connectivity index (χ1n) is 9.26. The fourth-order valence-corrected chi connectivity index (χ4v) is 3.14. The zero-order valence-corrected chi connectivity index (χ0v) is 17.4. The van der Waals surface area contributed by atoms with E-state index in [1.165, 1.54) is 16.8 Å². The smallest absolute Gasteiger partial charge is 0.215 e. The molecule has 3 rings (SSSR count). The van der Waals surface area contributed by atoms with Gasteiger partial charge in [-0.25, -0.2) is 19.0 Å². The van der Waals surface area contributed by atoms with Crippen molar-refractivity contribution in [1.29, 1.82) is 0 Å². The molecule has 0 saturated carbocycles. The molecule has 3 aromatic rings. The maximum absolute atomic E-state index is 14.7. The monoisotopic (exact) mass is 384 g/mol. The van der Waals surface area contributed by atoms with E-state index in [2.05, 4.69) is 35.8 Å². The van der Waals surface area contributed by atoms with Crippen molar-refractivity contribution in [3.8, 4) is 22.6 Å². The second-order valence-corrected chi connectivity index (χ2v) is 9.13. The molecule has 0 N–H and O–H groups in total. The molecule has 0 saturated heterocycles. The summed E-state index contributed by atoms with van der Waals surface area (Å²) in [6, 6.07) is 6.38. The van der Waals surface area contributed by atoms with Crippen molar-refractivity contribution in [2.75, 3.05) is 0 Å². The van der Waals surface area contributed by atoms with E-state index in [9.17, 15) is 8.78 Å². The lowest BCUT2D eigenvalue weighted by Gasteiger charge is -2.19. The van der Waals surface area contributed by atoms with E-state index in [1.54, 1.807) is 19.3 Å². The summed E-state index contributed by atoms with van der Waals surface area (Å²) in [5.41, 5.74) is 2.15. The van der Waals surface area contributed by atoms with Gasteiger partial charge in [-0.1, -0.05) is 41.5 Å². The fourth-order valence-electron chi connectivity index (χ4n) is 3.14. The zero-order valence-electron chi connectivity index (χ0n) is 17.4. The largest absolute Gasteiger partial charge is 0.242 e. The van der Waals surface area contributed by atoms with Crippen LogP contribution in [-0.4, -0.2) is 19.7 Å².